The highest BCUT2D eigenvalue weighted by molar-refractivity contribution is 6.07. The number of hydrogen-bond donors (Lipinski definition) is 1. The van der Waals surface area contributed by atoms with Gasteiger partial charge in [-0.3, -0.25) is 19.7 Å². The van der Waals surface area contributed by atoms with Crippen molar-refractivity contribution in [2.45, 2.75) is 39.0 Å². The first-order valence-corrected chi connectivity index (χ1v) is 9.99. The standard InChI is InChI=1S/C21H22N4O5/c1-13-18-16(22-23-20(26)14-7-9-15(10-8-14)25(28)29)5-4-6-17(18)30-19(13)21(27)24-11-2-3-12-24/h7-10H,2-6,11-12H2,1H3,(H,23,26)/b22-16+. The molecule has 1 aliphatic carbocycles. The zero-order chi connectivity index (χ0) is 21.3. The van der Waals surface area contributed by atoms with Gasteiger partial charge in [0.15, 0.2) is 5.76 Å². The van der Waals surface area contributed by atoms with Crippen LogP contribution in [0, 0.1) is 17.0 Å². The molecule has 30 heavy (non-hydrogen) atoms. The monoisotopic (exact) mass is 410 g/mol. The van der Waals surface area contributed by atoms with Gasteiger partial charge >= 0.3 is 0 Å². The van der Waals surface area contributed by atoms with E-state index in [4.69, 9.17) is 4.42 Å². The Morgan fingerprint density at radius 2 is 1.83 bits per heavy atom. The van der Waals surface area contributed by atoms with Gasteiger partial charge in [-0.05, 0) is 44.7 Å². The van der Waals surface area contributed by atoms with Gasteiger partial charge in [0.05, 0.1) is 10.6 Å². The summed E-state index contributed by atoms with van der Waals surface area (Å²) in [5, 5.41) is 15.0. The van der Waals surface area contributed by atoms with Gasteiger partial charge in [0.2, 0.25) is 0 Å². The summed E-state index contributed by atoms with van der Waals surface area (Å²) >= 11 is 0. The van der Waals surface area contributed by atoms with E-state index in [0.717, 1.165) is 55.7 Å². The van der Waals surface area contributed by atoms with Gasteiger partial charge in [0, 0.05) is 48.3 Å². The van der Waals surface area contributed by atoms with E-state index in [2.05, 4.69) is 10.5 Å². The summed E-state index contributed by atoms with van der Waals surface area (Å²) in [6.45, 7) is 3.34. The van der Waals surface area contributed by atoms with Crippen molar-refractivity contribution in [2.24, 2.45) is 5.10 Å². The highest BCUT2D eigenvalue weighted by Gasteiger charge is 2.31. The molecule has 1 fully saturated rings. The maximum Gasteiger partial charge on any atom is 0.289 e. The van der Waals surface area contributed by atoms with E-state index >= 15 is 0 Å². The molecule has 1 aliphatic heterocycles. The van der Waals surface area contributed by atoms with E-state index in [9.17, 15) is 19.7 Å². The average molecular weight is 410 g/mol. The molecule has 156 valence electrons. The van der Waals surface area contributed by atoms with Gasteiger partial charge in [-0.15, -0.1) is 0 Å². The number of non-ortho nitro benzene ring substituents is 1. The van der Waals surface area contributed by atoms with Crippen LogP contribution in [0.2, 0.25) is 0 Å². The molecule has 0 radical (unpaired) electrons. The largest absolute Gasteiger partial charge is 0.455 e. The van der Waals surface area contributed by atoms with Gasteiger partial charge < -0.3 is 9.32 Å². The van der Waals surface area contributed by atoms with Crippen LogP contribution in [0.5, 0.6) is 0 Å². The smallest absolute Gasteiger partial charge is 0.289 e. The van der Waals surface area contributed by atoms with Crippen LogP contribution in [-0.4, -0.2) is 40.4 Å². The highest BCUT2D eigenvalue weighted by atomic mass is 16.6. The zero-order valence-electron chi connectivity index (χ0n) is 16.6. The average Bonchev–Trinajstić information content (AvgIpc) is 3.40. The van der Waals surface area contributed by atoms with Gasteiger partial charge in [0.1, 0.15) is 5.76 Å². The number of aryl methyl sites for hydroxylation is 1. The summed E-state index contributed by atoms with van der Waals surface area (Å²) in [5.41, 5.74) is 4.94. The number of furan rings is 1. The Hall–Kier alpha value is -3.49. The van der Waals surface area contributed by atoms with Crippen LogP contribution in [-0.2, 0) is 6.42 Å². The molecule has 2 heterocycles. The van der Waals surface area contributed by atoms with E-state index in [1.165, 1.54) is 24.3 Å². The minimum absolute atomic E-state index is 0.0843. The number of hydrogen-bond acceptors (Lipinski definition) is 6. The molecule has 9 heteroatoms. The number of nitro groups is 1. The maximum atomic E-state index is 12.8. The lowest BCUT2D eigenvalue weighted by molar-refractivity contribution is -0.384. The van der Waals surface area contributed by atoms with Crippen molar-refractivity contribution in [2.75, 3.05) is 13.1 Å². The number of fused-ring (bicyclic) bond motifs is 1. The molecule has 1 aromatic heterocycles. The van der Waals surface area contributed by atoms with Crippen LogP contribution in [0.3, 0.4) is 0 Å². The van der Waals surface area contributed by atoms with E-state index in [1.54, 1.807) is 0 Å². The molecular formula is C21H22N4O5. The van der Waals surface area contributed by atoms with E-state index in [-0.39, 0.29) is 17.2 Å². The zero-order valence-corrected chi connectivity index (χ0v) is 16.6. The Bertz CT molecular complexity index is 1030. The Balaban J connectivity index is 1.55. The molecule has 1 aromatic carbocycles. The van der Waals surface area contributed by atoms with E-state index < -0.39 is 10.8 Å². The number of nitrogens with zero attached hydrogens (tertiary/aromatic N) is 3. The van der Waals surface area contributed by atoms with E-state index in [0.29, 0.717) is 17.9 Å². The molecule has 1 N–H and O–H groups in total. The molecule has 9 nitrogen and oxygen atoms in total. The molecule has 2 amide bonds. The minimum Gasteiger partial charge on any atom is -0.455 e. The molecule has 0 saturated carbocycles. The van der Waals surface area contributed by atoms with Gasteiger partial charge in [-0.1, -0.05) is 0 Å². The first kappa shape index (κ1) is 19.8. The number of likely N-dealkylation sites (tertiary alicyclic amines) is 1. The minimum atomic E-state index is -0.520. The maximum absolute atomic E-state index is 12.8. The van der Waals surface area contributed by atoms with Crippen molar-refractivity contribution in [1.29, 1.82) is 0 Å². The number of nitrogens with one attached hydrogen (secondary N) is 1. The molecule has 2 aliphatic rings. The van der Waals surface area contributed by atoms with Gasteiger partial charge in [-0.2, -0.15) is 5.10 Å². The second kappa shape index (κ2) is 8.10. The summed E-state index contributed by atoms with van der Waals surface area (Å²) in [6, 6.07) is 5.32. The molecule has 0 spiro atoms. The molecule has 4 rings (SSSR count). The highest BCUT2D eigenvalue weighted by Crippen LogP contribution is 2.31. The van der Waals surface area contributed by atoms with Crippen LogP contribution in [0.1, 0.15) is 63.5 Å². The molecule has 2 aromatic rings. The fraction of sp³-hybridized carbons (Fsp3) is 0.381. The van der Waals surface area contributed by atoms with E-state index in [1.807, 2.05) is 11.8 Å². The van der Waals surface area contributed by atoms with Crippen molar-refractivity contribution in [1.82, 2.24) is 10.3 Å². The van der Waals surface area contributed by atoms with Crippen molar-refractivity contribution in [3.8, 4) is 0 Å². The predicted octanol–water partition coefficient (Wildman–Crippen LogP) is 3.20. The summed E-state index contributed by atoms with van der Waals surface area (Å²) in [4.78, 5) is 37.2. The lowest BCUT2D eigenvalue weighted by atomic mass is 9.93. The van der Waals surface area contributed by atoms with Crippen LogP contribution in [0.4, 0.5) is 5.69 Å². The Morgan fingerprint density at radius 1 is 1.13 bits per heavy atom. The fourth-order valence-corrected chi connectivity index (χ4v) is 3.97. The van der Waals surface area contributed by atoms with Gasteiger partial charge in [-0.25, -0.2) is 5.43 Å². The predicted molar refractivity (Wildman–Crippen MR) is 109 cm³/mol. The first-order chi connectivity index (χ1) is 14.5. The van der Waals surface area contributed by atoms with Crippen molar-refractivity contribution < 1.29 is 18.9 Å². The molecule has 1 saturated heterocycles. The number of carbonyl (C=O) groups is 2. The van der Waals surface area contributed by atoms with Gasteiger partial charge in [0.25, 0.3) is 17.5 Å². The molecule has 0 atom stereocenters. The lowest BCUT2D eigenvalue weighted by Gasteiger charge is -2.14. The number of amides is 2. The molecular weight excluding hydrogens is 388 g/mol. The van der Waals surface area contributed by atoms with Crippen LogP contribution in [0.25, 0.3) is 0 Å². The lowest BCUT2D eigenvalue weighted by Crippen LogP contribution is -2.27. The Morgan fingerprint density at radius 3 is 2.50 bits per heavy atom. The number of carbonyl (C=O) groups excluding carboxylic acids is 2. The topological polar surface area (TPSA) is 118 Å². The third-order valence-electron chi connectivity index (χ3n) is 5.55. The second-order valence-electron chi connectivity index (χ2n) is 7.51. The second-order valence-corrected chi connectivity index (χ2v) is 7.51. The molecule has 0 unspecified atom stereocenters. The molecule has 0 bridgehead atoms. The van der Waals surface area contributed by atoms with Crippen molar-refractivity contribution in [3.05, 3.63) is 62.6 Å². The van der Waals surface area contributed by atoms with Crippen LogP contribution >= 0.6 is 0 Å². The first-order valence-electron chi connectivity index (χ1n) is 9.99. The number of nitro benzene ring substituents is 1. The quantitative estimate of drug-likeness (QED) is 0.613. The van der Waals surface area contributed by atoms with Crippen molar-refractivity contribution in [3.63, 3.8) is 0 Å². The number of rotatable bonds is 4. The fourth-order valence-electron chi connectivity index (χ4n) is 3.97. The SMILES string of the molecule is Cc1c(C(=O)N2CCCC2)oc2c1/C(=N/NC(=O)c1ccc([N+](=O)[O-])cc1)CCC2. The number of hydrazone groups is 1. The summed E-state index contributed by atoms with van der Waals surface area (Å²) in [5.74, 6) is 0.538. The Labute approximate surface area is 172 Å². The number of benzene rings is 1. The van der Waals surface area contributed by atoms with Crippen molar-refractivity contribution >= 4 is 23.2 Å². The third kappa shape index (κ3) is 3.70. The van der Waals surface area contributed by atoms with Crippen LogP contribution < -0.4 is 5.43 Å². The van der Waals surface area contributed by atoms with Crippen LogP contribution in [0.15, 0.2) is 33.8 Å². The third-order valence-corrected chi connectivity index (χ3v) is 5.55. The summed E-state index contributed by atoms with van der Waals surface area (Å²) < 4.78 is 5.92. The normalized spacial score (nSPS) is 17.1. The summed E-state index contributed by atoms with van der Waals surface area (Å²) in [7, 11) is 0. The Kier molecular flexibility index (Phi) is 5.35. The summed E-state index contributed by atoms with van der Waals surface area (Å²) in [6.07, 6.45) is 4.20.